The molecule has 0 aliphatic carbocycles. The average Bonchev–Trinajstić information content (AvgIpc) is 2.68. The number of hydrogen-bond donors (Lipinski definition) is 0. The first kappa shape index (κ1) is 27.0. The highest BCUT2D eigenvalue weighted by atomic mass is 16.5. The Balaban J connectivity index is 2.95. The molecule has 0 unspecified atom stereocenters. The molecule has 0 aromatic carbocycles. The van der Waals surface area contributed by atoms with Crippen LogP contribution in [0.25, 0.3) is 0 Å². The number of rotatable bonds is 24. The fourth-order valence-corrected chi connectivity index (χ4v) is 3.73. The van der Waals surface area contributed by atoms with E-state index < -0.39 is 0 Å². The third kappa shape index (κ3) is 26.0. The largest absolute Gasteiger partial charge is 0.381 e. The minimum Gasteiger partial charge on any atom is -0.381 e. The summed E-state index contributed by atoms with van der Waals surface area (Å²) >= 11 is 0. The highest BCUT2D eigenvalue weighted by Crippen LogP contribution is 2.14. The van der Waals surface area contributed by atoms with Crippen molar-refractivity contribution < 1.29 is 4.74 Å². The molecule has 0 saturated heterocycles. The maximum Gasteiger partial charge on any atom is 0.0466 e. The second-order valence-electron chi connectivity index (χ2n) is 8.54. The number of unbranched alkanes of at least 4 members (excludes halogenated alkanes) is 20. The number of hydrogen-bond acceptors (Lipinski definition) is 1. The molecule has 0 aromatic heterocycles. The van der Waals surface area contributed by atoms with Crippen LogP contribution in [-0.4, -0.2) is 13.2 Å². The van der Waals surface area contributed by atoms with Gasteiger partial charge in [-0.25, -0.2) is 0 Å². The average molecular weight is 382 g/mol. The van der Waals surface area contributed by atoms with Gasteiger partial charge in [0.15, 0.2) is 0 Å². The summed E-state index contributed by atoms with van der Waals surface area (Å²) in [7, 11) is 0. The smallest absolute Gasteiger partial charge is 0.0466 e. The fourth-order valence-electron chi connectivity index (χ4n) is 3.73. The minimum atomic E-state index is 0.966. The zero-order valence-corrected chi connectivity index (χ0v) is 19.1. The van der Waals surface area contributed by atoms with Gasteiger partial charge < -0.3 is 4.74 Å². The van der Waals surface area contributed by atoms with Crippen molar-refractivity contribution >= 4 is 0 Å². The maximum atomic E-state index is 5.61. The Morgan fingerprint density at radius 2 is 0.704 bits per heavy atom. The Morgan fingerprint density at radius 1 is 0.407 bits per heavy atom. The standard InChI is InChI=1S/C26H53O/c1-3-5-7-8-9-10-11-12-13-14-15-16-17-18-19-20-21-22-23-24-26-27-25-6-4-2/h1,3-26H2,2H3. The van der Waals surface area contributed by atoms with E-state index in [0.717, 1.165) is 19.6 Å². The highest BCUT2D eigenvalue weighted by Gasteiger charge is 1.95. The molecule has 1 nitrogen and oxygen atoms in total. The Morgan fingerprint density at radius 3 is 1.04 bits per heavy atom. The van der Waals surface area contributed by atoms with Crippen LogP contribution in [0.3, 0.4) is 0 Å². The Labute approximate surface area is 173 Å². The van der Waals surface area contributed by atoms with Crippen LogP contribution >= 0.6 is 0 Å². The van der Waals surface area contributed by atoms with Crippen LogP contribution in [0, 0.1) is 6.92 Å². The van der Waals surface area contributed by atoms with E-state index in [0.29, 0.717) is 0 Å². The van der Waals surface area contributed by atoms with Crippen LogP contribution in [0.1, 0.15) is 148 Å². The van der Waals surface area contributed by atoms with Crippen LogP contribution in [0.15, 0.2) is 0 Å². The molecule has 27 heavy (non-hydrogen) atoms. The molecule has 0 atom stereocenters. The molecule has 0 aliphatic rings. The molecule has 0 N–H and O–H groups in total. The molecule has 0 heterocycles. The molecule has 0 fully saturated rings. The van der Waals surface area contributed by atoms with Gasteiger partial charge in [-0.2, -0.15) is 0 Å². The van der Waals surface area contributed by atoms with Gasteiger partial charge in [-0.3, -0.25) is 0 Å². The first-order valence-electron chi connectivity index (χ1n) is 12.8. The lowest BCUT2D eigenvalue weighted by Gasteiger charge is -2.04. The quantitative estimate of drug-likeness (QED) is 0.151. The molecular formula is C26H53O. The summed E-state index contributed by atoms with van der Waals surface area (Å²) in [4.78, 5) is 0. The number of ether oxygens (including phenoxy) is 1. The summed E-state index contributed by atoms with van der Waals surface area (Å²) in [5, 5.41) is 0. The molecule has 0 spiro atoms. The normalized spacial score (nSPS) is 11.3. The van der Waals surface area contributed by atoms with E-state index in [1.54, 1.807) is 0 Å². The van der Waals surface area contributed by atoms with E-state index in [1.807, 2.05) is 0 Å². The molecule has 1 heteroatoms. The summed E-state index contributed by atoms with van der Waals surface area (Å²) < 4.78 is 5.61. The lowest BCUT2D eigenvalue weighted by molar-refractivity contribution is 0.127. The summed E-state index contributed by atoms with van der Waals surface area (Å²) in [5.74, 6) is 0. The van der Waals surface area contributed by atoms with E-state index in [9.17, 15) is 0 Å². The van der Waals surface area contributed by atoms with E-state index in [-0.39, 0.29) is 0 Å². The predicted octanol–water partition coefficient (Wildman–Crippen LogP) is 9.44. The Kier molecular flexibility index (Phi) is 25.9. The zero-order valence-electron chi connectivity index (χ0n) is 19.1. The molecule has 0 amide bonds. The van der Waals surface area contributed by atoms with Crippen molar-refractivity contribution in [1.82, 2.24) is 0 Å². The molecule has 0 rings (SSSR count). The zero-order chi connectivity index (χ0) is 19.7. The topological polar surface area (TPSA) is 9.23 Å². The summed E-state index contributed by atoms with van der Waals surface area (Å²) in [6.07, 6.45) is 30.8. The van der Waals surface area contributed by atoms with Crippen molar-refractivity contribution in [2.45, 2.75) is 148 Å². The first-order valence-corrected chi connectivity index (χ1v) is 12.8. The SMILES string of the molecule is [CH2]CCCCCCCCCCCCCCCCCCCCCOCCCC. The monoisotopic (exact) mass is 381 g/mol. The van der Waals surface area contributed by atoms with Crippen LogP contribution < -0.4 is 0 Å². The molecule has 163 valence electrons. The van der Waals surface area contributed by atoms with Gasteiger partial charge in [-0.1, -0.05) is 142 Å². The third-order valence-corrected chi connectivity index (χ3v) is 5.68. The van der Waals surface area contributed by atoms with Gasteiger partial charge in [-0.15, -0.1) is 0 Å². The van der Waals surface area contributed by atoms with Gasteiger partial charge in [0.25, 0.3) is 0 Å². The molecule has 0 aliphatic heterocycles. The van der Waals surface area contributed by atoms with Crippen LogP contribution in [-0.2, 0) is 4.74 Å². The van der Waals surface area contributed by atoms with Gasteiger partial charge in [0, 0.05) is 13.2 Å². The predicted molar refractivity (Wildman–Crippen MR) is 123 cm³/mol. The van der Waals surface area contributed by atoms with Crippen molar-refractivity contribution in [3.8, 4) is 0 Å². The van der Waals surface area contributed by atoms with E-state index >= 15 is 0 Å². The van der Waals surface area contributed by atoms with Crippen molar-refractivity contribution in [3.05, 3.63) is 6.92 Å². The molecule has 0 saturated carbocycles. The van der Waals surface area contributed by atoms with Crippen molar-refractivity contribution in [2.75, 3.05) is 13.2 Å². The van der Waals surface area contributed by atoms with Gasteiger partial charge in [-0.05, 0) is 12.8 Å². The van der Waals surface area contributed by atoms with Gasteiger partial charge in [0.05, 0.1) is 0 Å². The highest BCUT2D eigenvalue weighted by molar-refractivity contribution is 4.51. The van der Waals surface area contributed by atoms with Gasteiger partial charge in [0.1, 0.15) is 0 Å². The van der Waals surface area contributed by atoms with Gasteiger partial charge in [0.2, 0.25) is 0 Å². The van der Waals surface area contributed by atoms with Crippen molar-refractivity contribution in [1.29, 1.82) is 0 Å². The molecule has 0 aromatic rings. The fraction of sp³-hybridized carbons (Fsp3) is 0.962. The minimum absolute atomic E-state index is 0.966. The van der Waals surface area contributed by atoms with E-state index in [2.05, 4.69) is 13.8 Å². The second-order valence-corrected chi connectivity index (χ2v) is 8.54. The van der Waals surface area contributed by atoms with Crippen LogP contribution in [0.2, 0.25) is 0 Å². The lowest BCUT2D eigenvalue weighted by atomic mass is 10.0. The Bertz CT molecular complexity index is 214. The summed E-state index contributed by atoms with van der Waals surface area (Å²) in [6.45, 7) is 8.08. The molecule has 0 bridgehead atoms. The van der Waals surface area contributed by atoms with E-state index in [4.69, 9.17) is 4.74 Å². The molecule has 1 radical (unpaired) electrons. The van der Waals surface area contributed by atoms with E-state index in [1.165, 1.54) is 135 Å². The summed E-state index contributed by atoms with van der Waals surface area (Å²) in [5.41, 5.74) is 0. The van der Waals surface area contributed by atoms with Gasteiger partial charge >= 0.3 is 0 Å². The maximum absolute atomic E-state index is 5.61. The van der Waals surface area contributed by atoms with Crippen molar-refractivity contribution in [3.63, 3.8) is 0 Å². The second kappa shape index (κ2) is 26.0. The van der Waals surface area contributed by atoms with Crippen LogP contribution in [0.5, 0.6) is 0 Å². The lowest BCUT2D eigenvalue weighted by Crippen LogP contribution is -1.96. The summed E-state index contributed by atoms with van der Waals surface area (Å²) in [6, 6.07) is 0. The van der Waals surface area contributed by atoms with Crippen LogP contribution in [0.4, 0.5) is 0 Å². The first-order chi connectivity index (χ1) is 13.4. The molecular weight excluding hydrogens is 328 g/mol. The van der Waals surface area contributed by atoms with Crippen molar-refractivity contribution in [2.24, 2.45) is 0 Å². The third-order valence-electron chi connectivity index (χ3n) is 5.68. The Hall–Kier alpha value is -0.0400.